The van der Waals surface area contributed by atoms with Crippen LogP contribution >= 0.6 is 11.3 Å². The standard InChI is InChI=1S/C18H16NS/c1-3-7-15(8-4-1)11-12-18-17(19-14-20-18)13-16-9-5-2-6-10-16/h1-10H,11-13H2. The van der Waals surface area contributed by atoms with Crippen molar-refractivity contribution < 1.29 is 0 Å². The summed E-state index contributed by atoms with van der Waals surface area (Å²) in [5.41, 5.74) is 6.92. The van der Waals surface area contributed by atoms with Crippen LogP contribution < -0.4 is 0 Å². The summed E-state index contributed by atoms with van der Waals surface area (Å²) in [4.78, 5) is 5.78. The Morgan fingerprint density at radius 3 is 2.15 bits per heavy atom. The predicted octanol–water partition coefficient (Wildman–Crippen LogP) is 4.32. The van der Waals surface area contributed by atoms with Crippen LogP contribution in [-0.4, -0.2) is 4.98 Å². The third kappa shape index (κ3) is 3.34. The predicted molar refractivity (Wildman–Crippen MR) is 84.0 cm³/mol. The van der Waals surface area contributed by atoms with E-state index < -0.39 is 0 Å². The van der Waals surface area contributed by atoms with Crippen LogP contribution in [-0.2, 0) is 19.3 Å². The number of nitrogens with zero attached hydrogens (tertiary/aromatic N) is 1. The molecule has 0 saturated carbocycles. The van der Waals surface area contributed by atoms with Crippen molar-refractivity contribution in [2.45, 2.75) is 19.3 Å². The number of aryl methyl sites for hydroxylation is 2. The number of rotatable bonds is 5. The van der Waals surface area contributed by atoms with Crippen molar-refractivity contribution >= 4 is 11.3 Å². The highest BCUT2D eigenvalue weighted by molar-refractivity contribution is 7.09. The van der Waals surface area contributed by atoms with Crippen LogP contribution in [0, 0.1) is 5.51 Å². The lowest BCUT2D eigenvalue weighted by atomic mass is 10.1. The molecule has 99 valence electrons. The van der Waals surface area contributed by atoms with Gasteiger partial charge in [-0.15, -0.1) is 11.3 Å². The topological polar surface area (TPSA) is 12.9 Å². The lowest BCUT2D eigenvalue weighted by molar-refractivity contribution is 0.944. The Balaban J connectivity index is 1.68. The maximum absolute atomic E-state index is 4.42. The average Bonchev–Trinajstić information content (AvgIpc) is 2.94. The zero-order valence-electron chi connectivity index (χ0n) is 11.3. The van der Waals surface area contributed by atoms with Crippen LogP contribution in [0.1, 0.15) is 21.7 Å². The van der Waals surface area contributed by atoms with E-state index in [2.05, 4.69) is 65.1 Å². The zero-order valence-corrected chi connectivity index (χ0v) is 12.1. The monoisotopic (exact) mass is 278 g/mol. The van der Waals surface area contributed by atoms with Gasteiger partial charge in [-0.05, 0) is 24.0 Å². The highest BCUT2D eigenvalue weighted by atomic mass is 32.1. The minimum Gasteiger partial charge on any atom is -0.238 e. The fourth-order valence-electron chi connectivity index (χ4n) is 2.28. The van der Waals surface area contributed by atoms with E-state index in [0.29, 0.717) is 0 Å². The highest BCUT2D eigenvalue weighted by Crippen LogP contribution is 2.19. The van der Waals surface area contributed by atoms with E-state index >= 15 is 0 Å². The molecule has 0 aliphatic heterocycles. The first-order valence-corrected chi connectivity index (χ1v) is 7.66. The van der Waals surface area contributed by atoms with E-state index in [-0.39, 0.29) is 0 Å². The van der Waals surface area contributed by atoms with E-state index in [0.717, 1.165) is 19.3 Å². The Bertz CT molecular complexity index is 643. The quantitative estimate of drug-likeness (QED) is 0.677. The van der Waals surface area contributed by atoms with Crippen LogP contribution in [0.4, 0.5) is 0 Å². The molecule has 0 bridgehead atoms. The Morgan fingerprint density at radius 2 is 1.45 bits per heavy atom. The molecule has 0 spiro atoms. The van der Waals surface area contributed by atoms with E-state index in [1.54, 1.807) is 11.3 Å². The van der Waals surface area contributed by atoms with Crippen molar-refractivity contribution in [1.82, 2.24) is 4.98 Å². The highest BCUT2D eigenvalue weighted by Gasteiger charge is 2.07. The summed E-state index contributed by atoms with van der Waals surface area (Å²) in [6.45, 7) is 0. The molecule has 1 nitrogen and oxygen atoms in total. The summed E-state index contributed by atoms with van der Waals surface area (Å²) < 4.78 is 0. The van der Waals surface area contributed by atoms with E-state index in [4.69, 9.17) is 0 Å². The number of thiazole rings is 1. The Morgan fingerprint density at radius 1 is 0.800 bits per heavy atom. The van der Waals surface area contributed by atoms with Crippen molar-refractivity contribution in [1.29, 1.82) is 0 Å². The molecule has 3 rings (SSSR count). The summed E-state index contributed by atoms with van der Waals surface area (Å²) in [7, 11) is 0. The maximum Gasteiger partial charge on any atom is 0.152 e. The van der Waals surface area contributed by atoms with Crippen LogP contribution in [0.3, 0.4) is 0 Å². The van der Waals surface area contributed by atoms with E-state index in [1.165, 1.54) is 21.7 Å². The second-order valence-corrected chi connectivity index (χ2v) is 5.70. The second kappa shape index (κ2) is 6.49. The van der Waals surface area contributed by atoms with Gasteiger partial charge in [0.25, 0.3) is 0 Å². The summed E-state index contributed by atoms with van der Waals surface area (Å²) in [6, 6.07) is 21.1. The summed E-state index contributed by atoms with van der Waals surface area (Å²) >= 11 is 1.65. The molecule has 1 radical (unpaired) electrons. The van der Waals surface area contributed by atoms with Crippen molar-refractivity contribution in [2.75, 3.05) is 0 Å². The molecule has 0 unspecified atom stereocenters. The molecule has 1 aromatic heterocycles. The van der Waals surface area contributed by atoms with Gasteiger partial charge in [0.2, 0.25) is 0 Å². The number of aromatic nitrogens is 1. The summed E-state index contributed by atoms with van der Waals surface area (Å²) in [6.07, 6.45) is 3.02. The van der Waals surface area contributed by atoms with Crippen molar-refractivity contribution in [2.24, 2.45) is 0 Å². The molecule has 2 heteroatoms. The lowest BCUT2D eigenvalue weighted by Gasteiger charge is -2.03. The third-order valence-corrected chi connectivity index (χ3v) is 4.24. The first-order chi connectivity index (χ1) is 9.92. The number of benzene rings is 2. The minimum atomic E-state index is 0.908. The Kier molecular flexibility index (Phi) is 4.24. The molecule has 0 N–H and O–H groups in total. The largest absolute Gasteiger partial charge is 0.238 e. The molecule has 0 aliphatic carbocycles. The van der Waals surface area contributed by atoms with Crippen LogP contribution in [0.2, 0.25) is 0 Å². The number of hydrogen-bond acceptors (Lipinski definition) is 2. The van der Waals surface area contributed by atoms with Crippen molar-refractivity contribution in [3.63, 3.8) is 0 Å². The molecule has 2 aromatic carbocycles. The molecular weight excluding hydrogens is 262 g/mol. The third-order valence-electron chi connectivity index (χ3n) is 3.37. The molecule has 0 saturated heterocycles. The molecule has 0 fully saturated rings. The SMILES string of the molecule is [c]1nc(Cc2ccccc2)c(CCc2ccccc2)s1. The second-order valence-electron chi connectivity index (χ2n) is 4.82. The smallest absolute Gasteiger partial charge is 0.152 e. The first-order valence-electron chi connectivity index (χ1n) is 6.84. The van der Waals surface area contributed by atoms with Gasteiger partial charge in [-0.2, -0.15) is 0 Å². The van der Waals surface area contributed by atoms with Crippen molar-refractivity contribution in [3.8, 4) is 0 Å². The molecule has 20 heavy (non-hydrogen) atoms. The average molecular weight is 278 g/mol. The van der Waals surface area contributed by atoms with E-state index in [1.807, 2.05) is 6.07 Å². The normalized spacial score (nSPS) is 10.6. The van der Waals surface area contributed by atoms with Gasteiger partial charge >= 0.3 is 0 Å². The Labute approximate surface area is 124 Å². The van der Waals surface area contributed by atoms with Crippen LogP contribution in [0.5, 0.6) is 0 Å². The van der Waals surface area contributed by atoms with Gasteiger partial charge in [0.05, 0.1) is 5.69 Å². The molecule has 0 amide bonds. The molecule has 1 heterocycles. The van der Waals surface area contributed by atoms with E-state index in [9.17, 15) is 0 Å². The zero-order chi connectivity index (χ0) is 13.6. The Hall–Kier alpha value is -1.93. The molecular formula is C18H16NS. The van der Waals surface area contributed by atoms with Gasteiger partial charge in [0.15, 0.2) is 5.51 Å². The maximum atomic E-state index is 4.42. The van der Waals surface area contributed by atoms with Crippen LogP contribution in [0.25, 0.3) is 0 Å². The van der Waals surface area contributed by atoms with Gasteiger partial charge < -0.3 is 0 Å². The molecule has 0 aliphatic rings. The van der Waals surface area contributed by atoms with Gasteiger partial charge in [-0.25, -0.2) is 4.98 Å². The number of hydrogen-bond donors (Lipinski definition) is 0. The van der Waals surface area contributed by atoms with Gasteiger partial charge in [0, 0.05) is 11.3 Å². The van der Waals surface area contributed by atoms with Crippen molar-refractivity contribution in [3.05, 3.63) is 87.9 Å². The van der Waals surface area contributed by atoms with Gasteiger partial charge in [-0.1, -0.05) is 60.7 Å². The van der Waals surface area contributed by atoms with Gasteiger partial charge in [0.1, 0.15) is 0 Å². The minimum absolute atomic E-state index is 0.908. The fraction of sp³-hybridized carbons (Fsp3) is 0.167. The summed E-state index contributed by atoms with van der Waals surface area (Å²) in [5, 5.41) is 0. The molecule has 0 atom stereocenters. The van der Waals surface area contributed by atoms with Crippen LogP contribution in [0.15, 0.2) is 60.7 Å². The fourth-order valence-corrected chi connectivity index (χ4v) is 2.99. The first kappa shape index (κ1) is 13.1. The molecule has 3 aromatic rings. The van der Waals surface area contributed by atoms with Gasteiger partial charge in [-0.3, -0.25) is 0 Å². The summed E-state index contributed by atoms with van der Waals surface area (Å²) in [5.74, 6) is 0. The lowest BCUT2D eigenvalue weighted by Crippen LogP contribution is -1.96.